The number of benzene rings is 2. The Morgan fingerprint density at radius 3 is 2.34 bits per heavy atom. The van der Waals surface area contributed by atoms with Crippen molar-refractivity contribution in [3.05, 3.63) is 78.8 Å². The molecule has 1 amide bonds. The summed E-state index contributed by atoms with van der Waals surface area (Å²) in [6.07, 6.45) is 3.28. The molecule has 5 rings (SSSR count). The fourth-order valence-corrected chi connectivity index (χ4v) is 4.15. The average Bonchev–Trinajstić information content (AvgIpc) is 3.31. The lowest BCUT2D eigenvalue weighted by molar-refractivity contribution is 0.101. The Morgan fingerprint density at radius 1 is 0.914 bits per heavy atom. The van der Waals surface area contributed by atoms with Gasteiger partial charge in [-0.3, -0.25) is 9.48 Å². The number of aromatic nitrogens is 4. The van der Waals surface area contributed by atoms with Gasteiger partial charge >= 0.3 is 0 Å². The number of para-hydroxylation sites is 1. The molecule has 35 heavy (non-hydrogen) atoms. The van der Waals surface area contributed by atoms with Crippen LogP contribution in [-0.4, -0.2) is 58.9 Å². The van der Waals surface area contributed by atoms with Gasteiger partial charge in [-0.15, -0.1) is 0 Å². The highest BCUT2D eigenvalue weighted by Gasteiger charge is 2.20. The number of amides is 1. The average molecular weight is 470 g/mol. The number of methoxy groups -OCH3 is 1. The van der Waals surface area contributed by atoms with Crippen molar-refractivity contribution >= 4 is 23.2 Å². The molecule has 0 saturated carbocycles. The number of carbonyl (C=O) groups excluding carboxylic acids is 1. The van der Waals surface area contributed by atoms with E-state index in [0.717, 1.165) is 37.5 Å². The highest BCUT2D eigenvalue weighted by atomic mass is 16.5. The van der Waals surface area contributed by atoms with E-state index in [1.54, 1.807) is 37.3 Å². The Morgan fingerprint density at radius 2 is 1.63 bits per heavy atom. The fraction of sp³-hybridized carbons (Fsp3) is 0.231. The van der Waals surface area contributed by atoms with Crippen LogP contribution < -0.4 is 19.9 Å². The third kappa shape index (κ3) is 4.93. The van der Waals surface area contributed by atoms with Gasteiger partial charge in [0.1, 0.15) is 11.4 Å². The molecule has 1 fully saturated rings. The monoisotopic (exact) mass is 469 g/mol. The van der Waals surface area contributed by atoms with Crippen molar-refractivity contribution in [2.75, 3.05) is 48.4 Å². The van der Waals surface area contributed by atoms with E-state index in [1.165, 1.54) is 5.69 Å². The molecule has 0 unspecified atom stereocenters. The second-order valence-electron chi connectivity index (χ2n) is 8.31. The maximum Gasteiger partial charge on any atom is 0.274 e. The molecule has 2 aromatic carbocycles. The first-order chi connectivity index (χ1) is 17.1. The number of nitrogens with one attached hydrogen (secondary N) is 1. The molecular formula is C26H27N7O2. The van der Waals surface area contributed by atoms with Gasteiger partial charge in [0, 0.05) is 44.5 Å². The van der Waals surface area contributed by atoms with Crippen LogP contribution in [0.15, 0.2) is 73.1 Å². The number of aryl methyl sites for hydroxylation is 1. The Bertz CT molecular complexity index is 1300. The van der Waals surface area contributed by atoms with Crippen LogP contribution in [0.1, 0.15) is 10.5 Å². The van der Waals surface area contributed by atoms with Crippen LogP contribution in [0.3, 0.4) is 0 Å². The Balaban J connectivity index is 1.21. The molecule has 2 aromatic heterocycles. The summed E-state index contributed by atoms with van der Waals surface area (Å²) in [6, 6.07) is 19.7. The standard InChI is InChI=1S/C26H27N7O2/c1-31-24(16-23(30-31)19-7-6-10-22(15-19)35-2)25(34)29-20-17-27-26(28-18-20)33-13-11-32(12-14-33)21-8-4-3-5-9-21/h3-10,15-18H,11-14H2,1-2H3,(H,29,34). The summed E-state index contributed by atoms with van der Waals surface area (Å²) in [5, 5.41) is 7.35. The van der Waals surface area contributed by atoms with E-state index in [-0.39, 0.29) is 5.91 Å². The zero-order valence-corrected chi connectivity index (χ0v) is 19.8. The summed E-state index contributed by atoms with van der Waals surface area (Å²) in [5.41, 5.74) is 3.77. The normalized spacial score (nSPS) is 13.5. The van der Waals surface area contributed by atoms with Gasteiger partial charge in [0.15, 0.2) is 0 Å². The van der Waals surface area contributed by atoms with Gasteiger partial charge in [0.2, 0.25) is 5.95 Å². The first-order valence-electron chi connectivity index (χ1n) is 11.5. The highest BCUT2D eigenvalue weighted by molar-refractivity contribution is 6.03. The molecule has 1 saturated heterocycles. The molecule has 1 N–H and O–H groups in total. The van der Waals surface area contributed by atoms with Crippen molar-refractivity contribution in [3.8, 4) is 17.0 Å². The molecule has 178 valence electrons. The second kappa shape index (κ2) is 9.84. The first-order valence-corrected chi connectivity index (χ1v) is 11.5. The molecule has 4 aromatic rings. The van der Waals surface area contributed by atoms with Crippen LogP contribution in [-0.2, 0) is 7.05 Å². The van der Waals surface area contributed by atoms with Crippen LogP contribution in [0.4, 0.5) is 17.3 Å². The lowest BCUT2D eigenvalue weighted by Gasteiger charge is -2.36. The summed E-state index contributed by atoms with van der Waals surface area (Å²) in [7, 11) is 3.36. The van der Waals surface area contributed by atoms with Crippen molar-refractivity contribution in [2.24, 2.45) is 7.05 Å². The lowest BCUT2D eigenvalue weighted by Crippen LogP contribution is -2.47. The van der Waals surface area contributed by atoms with E-state index in [2.05, 4.69) is 54.4 Å². The third-order valence-electron chi connectivity index (χ3n) is 6.06. The Labute approximate surface area is 204 Å². The number of piperazine rings is 1. The van der Waals surface area contributed by atoms with Gasteiger partial charge in [-0.1, -0.05) is 30.3 Å². The number of carbonyl (C=O) groups is 1. The molecule has 0 aliphatic carbocycles. The van der Waals surface area contributed by atoms with Crippen LogP contribution in [0.25, 0.3) is 11.3 Å². The van der Waals surface area contributed by atoms with Gasteiger partial charge in [0.05, 0.1) is 30.9 Å². The zero-order valence-electron chi connectivity index (χ0n) is 19.8. The van der Waals surface area contributed by atoms with Crippen LogP contribution in [0, 0.1) is 0 Å². The lowest BCUT2D eigenvalue weighted by atomic mass is 10.1. The predicted octanol–water partition coefficient (Wildman–Crippen LogP) is 3.46. The van der Waals surface area contributed by atoms with Crippen molar-refractivity contribution < 1.29 is 9.53 Å². The van der Waals surface area contributed by atoms with Gasteiger partial charge in [-0.2, -0.15) is 5.10 Å². The van der Waals surface area contributed by atoms with Crippen LogP contribution in [0.5, 0.6) is 5.75 Å². The topological polar surface area (TPSA) is 88.4 Å². The van der Waals surface area contributed by atoms with Crippen molar-refractivity contribution in [3.63, 3.8) is 0 Å². The molecule has 1 aliphatic heterocycles. The summed E-state index contributed by atoms with van der Waals surface area (Å²) >= 11 is 0. The molecule has 0 radical (unpaired) electrons. The maximum atomic E-state index is 12.9. The predicted molar refractivity (Wildman–Crippen MR) is 136 cm³/mol. The number of rotatable bonds is 6. The minimum Gasteiger partial charge on any atom is -0.497 e. The SMILES string of the molecule is COc1cccc(-c2cc(C(=O)Nc3cnc(N4CCN(c5ccccc5)CC4)nc3)n(C)n2)c1. The second-order valence-corrected chi connectivity index (χ2v) is 8.31. The Kier molecular flexibility index (Phi) is 6.30. The summed E-state index contributed by atoms with van der Waals surface area (Å²) in [5.74, 6) is 1.12. The summed E-state index contributed by atoms with van der Waals surface area (Å²) < 4.78 is 6.85. The van der Waals surface area contributed by atoms with E-state index in [1.807, 2.05) is 30.3 Å². The van der Waals surface area contributed by atoms with E-state index in [4.69, 9.17) is 4.74 Å². The van der Waals surface area contributed by atoms with E-state index >= 15 is 0 Å². The summed E-state index contributed by atoms with van der Waals surface area (Å²) in [4.78, 5) is 26.4. The van der Waals surface area contributed by atoms with Crippen molar-refractivity contribution in [1.82, 2.24) is 19.7 Å². The third-order valence-corrected chi connectivity index (χ3v) is 6.06. The van der Waals surface area contributed by atoms with Crippen LogP contribution in [0.2, 0.25) is 0 Å². The Hall–Kier alpha value is -4.40. The molecule has 9 nitrogen and oxygen atoms in total. The number of anilines is 3. The summed E-state index contributed by atoms with van der Waals surface area (Å²) in [6.45, 7) is 3.48. The fourth-order valence-electron chi connectivity index (χ4n) is 4.15. The van der Waals surface area contributed by atoms with Gasteiger partial charge < -0.3 is 19.9 Å². The van der Waals surface area contributed by atoms with Crippen molar-refractivity contribution in [2.45, 2.75) is 0 Å². The molecule has 1 aliphatic rings. The molecule has 0 atom stereocenters. The van der Waals surface area contributed by atoms with Crippen molar-refractivity contribution in [1.29, 1.82) is 0 Å². The van der Waals surface area contributed by atoms with E-state index in [9.17, 15) is 4.79 Å². The number of hydrogen-bond donors (Lipinski definition) is 1. The van der Waals surface area contributed by atoms with E-state index < -0.39 is 0 Å². The number of hydrogen-bond acceptors (Lipinski definition) is 7. The molecule has 9 heteroatoms. The van der Waals surface area contributed by atoms with E-state index in [0.29, 0.717) is 23.0 Å². The molecule has 0 bridgehead atoms. The zero-order chi connectivity index (χ0) is 24.2. The quantitative estimate of drug-likeness (QED) is 0.463. The molecule has 0 spiro atoms. The van der Waals surface area contributed by atoms with Gasteiger partial charge in [-0.25, -0.2) is 9.97 Å². The highest BCUT2D eigenvalue weighted by Crippen LogP contribution is 2.24. The van der Waals surface area contributed by atoms with Gasteiger partial charge in [0.25, 0.3) is 5.91 Å². The molecular weight excluding hydrogens is 442 g/mol. The number of ether oxygens (including phenoxy) is 1. The maximum absolute atomic E-state index is 12.9. The minimum absolute atomic E-state index is 0.276. The smallest absolute Gasteiger partial charge is 0.274 e. The van der Waals surface area contributed by atoms with Gasteiger partial charge in [-0.05, 0) is 30.3 Å². The molecule has 3 heterocycles. The van der Waals surface area contributed by atoms with Crippen LogP contribution >= 0.6 is 0 Å². The minimum atomic E-state index is -0.276. The first kappa shape index (κ1) is 22.4. The largest absolute Gasteiger partial charge is 0.497 e. The number of nitrogens with zero attached hydrogens (tertiary/aromatic N) is 6.